The molecule has 0 atom stereocenters. The van der Waals surface area contributed by atoms with E-state index < -0.39 is 0 Å². The van der Waals surface area contributed by atoms with Crippen molar-refractivity contribution in [2.75, 3.05) is 19.4 Å². The summed E-state index contributed by atoms with van der Waals surface area (Å²) >= 11 is 1.49. The first kappa shape index (κ1) is 21.0. The van der Waals surface area contributed by atoms with Crippen LogP contribution in [0, 0.1) is 13.8 Å². The van der Waals surface area contributed by atoms with Gasteiger partial charge in [0, 0.05) is 23.8 Å². The van der Waals surface area contributed by atoms with Gasteiger partial charge in [0.25, 0.3) is 0 Å². The molecule has 1 heterocycles. The molecule has 0 saturated heterocycles. The lowest BCUT2D eigenvalue weighted by Gasteiger charge is -2.09. The number of carbonyl (C=O) groups is 1. The van der Waals surface area contributed by atoms with Crippen LogP contribution in [0.15, 0.2) is 51.7 Å². The lowest BCUT2D eigenvalue weighted by molar-refractivity contribution is -0.118. The Hall–Kier alpha value is -2.73. The first-order chi connectivity index (χ1) is 14.0. The standard InChI is InChI=1S/C23H25NO4S/c1-15-10-20-18(12-23(26)28-21(20)11-16(15)2)13-29-14-22(25)24-9-8-17-4-6-19(27-3)7-5-17/h4-7,10-12H,8-9,13-14H2,1-3H3,(H,24,25). The van der Waals surface area contributed by atoms with Crippen LogP contribution >= 0.6 is 11.8 Å². The molecule has 0 unspecified atom stereocenters. The molecule has 1 aromatic heterocycles. The molecule has 29 heavy (non-hydrogen) atoms. The summed E-state index contributed by atoms with van der Waals surface area (Å²) < 4.78 is 10.5. The number of hydrogen-bond acceptors (Lipinski definition) is 5. The van der Waals surface area contributed by atoms with Gasteiger partial charge in [0.1, 0.15) is 11.3 Å². The number of methoxy groups -OCH3 is 1. The molecule has 0 aliphatic rings. The van der Waals surface area contributed by atoms with Crippen molar-refractivity contribution in [2.24, 2.45) is 0 Å². The minimum Gasteiger partial charge on any atom is -0.497 e. The van der Waals surface area contributed by atoms with E-state index in [1.807, 2.05) is 50.2 Å². The Balaban J connectivity index is 1.51. The molecule has 3 rings (SSSR count). The highest BCUT2D eigenvalue weighted by Gasteiger charge is 2.09. The number of thioether (sulfide) groups is 1. The minimum atomic E-state index is -0.361. The lowest BCUT2D eigenvalue weighted by atomic mass is 10.0. The normalized spacial score (nSPS) is 10.9. The van der Waals surface area contributed by atoms with E-state index in [0.29, 0.717) is 23.6 Å². The number of rotatable bonds is 8. The number of hydrogen-bond donors (Lipinski definition) is 1. The second-order valence-electron chi connectivity index (χ2n) is 6.96. The van der Waals surface area contributed by atoms with Gasteiger partial charge in [-0.25, -0.2) is 4.79 Å². The van der Waals surface area contributed by atoms with Crippen molar-refractivity contribution in [3.63, 3.8) is 0 Å². The van der Waals surface area contributed by atoms with Gasteiger partial charge in [-0.2, -0.15) is 0 Å². The number of nitrogens with one attached hydrogen (secondary N) is 1. The van der Waals surface area contributed by atoms with Crippen LogP contribution in [-0.2, 0) is 17.0 Å². The van der Waals surface area contributed by atoms with Crippen LogP contribution in [0.1, 0.15) is 22.3 Å². The fraction of sp³-hybridized carbons (Fsp3) is 0.304. The molecule has 1 N–H and O–H groups in total. The van der Waals surface area contributed by atoms with Gasteiger partial charge in [0.05, 0.1) is 12.9 Å². The van der Waals surface area contributed by atoms with Gasteiger partial charge in [-0.15, -0.1) is 11.8 Å². The molecule has 2 aromatic carbocycles. The Labute approximate surface area is 174 Å². The maximum absolute atomic E-state index is 12.1. The smallest absolute Gasteiger partial charge is 0.336 e. The molecule has 0 bridgehead atoms. The molecular weight excluding hydrogens is 386 g/mol. The third kappa shape index (κ3) is 5.64. The highest BCUT2D eigenvalue weighted by molar-refractivity contribution is 7.99. The number of benzene rings is 2. The van der Waals surface area contributed by atoms with E-state index in [1.54, 1.807) is 7.11 Å². The minimum absolute atomic E-state index is 0.0113. The predicted molar refractivity (Wildman–Crippen MR) is 118 cm³/mol. The van der Waals surface area contributed by atoms with Crippen molar-refractivity contribution in [1.82, 2.24) is 5.32 Å². The van der Waals surface area contributed by atoms with Crippen molar-refractivity contribution in [3.8, 4) is 5.75 Å². The molecular formula is C23H25NO4S. The zero-order valence-corrected chi connectivity index (χ0v) is 17.7. The molecule has 152 valence electrons. The van der Waals surface area contributed by atoms with E-state index in [1.165, 1.54) is 17.8 Å². The Morgan fingerprint density at radius 3 is 2.55 bits per heavy atom. The van der Waals surface area contributed by atoms with E-state index in [-0.39, 0.29) is 11.5 Å². The summed E-state index contributed by atoms with van der Waals surface area (Å²) in [5, 5.41) is 3.87. The van der Waals surface area contributed by atoms with Crippen molar-refractivity contribution in [1.29, 1.82) is 0 Å². The van der Waals surface area contributed by atoms with Gasteiger partial charge < -0.3 is 14.5 Å². The summed E-state index contributed by atoms with van der Waals surface area (Å²) in [6, 6.07) is 13.3. The average Bonchev–Trinajstić information content (AvgIpc) is 2.70. The average molecular weight is 412 g/mol. The van der Waals surface area contributed by atoms with Crippen LogP contribution in [-0.4, -0.2) is 25.3 Å². The maximum atomic E-state index is 12.1. The summed E-state index contributed by atoms with van der Waals surface area (Å²) in [6.45, 7) is 4.61. The number of amides is 1. The number of carbonyl (C=O) groups excluding carboxylic acids is 1. The van der Waals surface area contributed by atoms with Gasteiger partial charge >= 0.3 is 5.63 Å². The Kier molecular flexibility index (Phi) is 6.99. The highest BCUT2D eigenvalue weighted by Crippen LogP contribution is 2.24. The molecule has 0 aliphatic heterocycles. The Bertz CT molecular complexity index is 1060. The molecule has 0 fully saturated rings. The zero-order valence-electron chi connectivity index (χ0n) is 16.9. The predicted octanol–water partition coefficient (Wildman–Crippen LogP) is 4.01. The van der Waals surface area contributed by atoms with Crippen LogP contribution in [0.3, 0.4) is 0 Å². The van der Waals surface area contributed by atoms with Crippen LogP contribution in [0.25, 0.3) is 11.0 Å². The molecule has 0 saturated carbocycles. The van der Waals surface area contributed by atoms with Crippen LogP contribution in [0.2, 0.25) is 0 Å². The van der Waals surface area contributed by atoms with E-state index in [9.17, 15) is 9.59 Å². The van der Waals surface area contributed by atoms with Crippen LogP contribution < -0.4 is 15.7 Å². The third-order valence-corrected chi connectivity index (χ3v) is 5.81. The number of fused-ring (bicyclic) bond motifs is 1. The van der Waals surface area contributed by atoms with Gasteiger partial charge in [0.2, 0.25) is 5.91 Å². The van der Waals surface area contributed by atoms with E-state index in [2.05, 4.69) is 5.32 Å². The second-order valence-corrected chi connectivity index (χ2v) is 7.95. The van der Waals surface area contributed by atoms with Gasteiger partial charge in [-0.3, -0.25) is 4.79 Å². The first-order valence-electron chi connectivity index (χ1n) is 9.47. The molecule has 0 spiro atoms. The lowest BCUT2D eigenvalue weighted by Crippen LogP contribution is -2.27. The Morgan fingerprint density at radius 2 is 1.83 bits per heavy atom. The van der Waals surface area contributed by atoms with Crippen molar-refractivity contribution < 1.29 is 13.9 Å². The Morgan fingerprint density at radius 1 is 1.10 bits per heavy atom. The fourth-order valence-electron chi connectivity index (χ4n) is 3.05. The second kappa shape index (κ2) is 9.65. The van der Waals surface area contributed by atoms with Gasteiger partial charge in [-0.05, 0) is 66.8 Å². The number of ether oxygens (including phenoxy) is 1. The highest BCUT2D eigenvalue weighted by atomic mass is 32.2. The number of aryl methyl sites for hydroxylation is 2. The maximum Gasteiger partial charge on any atom is 0.336 e. The SMILES string of the molecule is COc1ccc(CCNC(=O)CSCc2cc(=O)oc3cc(C)c(C)cc23)cc1. The topological polar surface area (TPSA) is 68.5 Å². The molecule has 0 aliphatic carbocycles. The van der Waals surface area contributed by atoms with Gasteiger partial charge in [-0.1, -0.05) is 12.1 Å². The summed E-state index contributed by atoms with van der Waals surface area (Å²) in [7, 11) is 1.64. The molecule has 1 amide bonds. The van der Waals surface area contributed by atoms with Gasteiger partial charge in [0.15, 0.2) is 0 Å². The summed E-state index contributed by atoms with van der Waals surface area (Å²) in [5.74, 6) is 1.73. The largest absolute Gasteiger partial charge is 0.497 e. The van der Waals surface area contributed by atoms with Crippen LogP contribution in [0.4, 0.5) is 0 Å². The molecule has 0 radical (unpaired) electrons. The van der Waals surface area contributed by atoms with Crippen molar-refractivity contribution in [3.05, 3.63) is 75.1 Å². The monoisotopic (exact) mass is 411 g/mol. The molecule has 6 heteroatoms. The zero-order chi connectivity index (χ0) is 20.8. The van der Waals surface area contributed by atoms with Crippen molar-refractivity contribution in [2.45, 2.75) is 26.0 Å². The fourth-order valence-corrected chi connectivity index (χ4v) is 3.89. The van der Waals surface area contributed by atoms with Crippen molar-refractivity contribution >= 4 is 28.6 Å². The summed E-state index contributed by atoms with van der Waals surface area (Å²) in [6.07, 6.45) is 0.767. The first-order valence-corrected chi connectivity index (χ1v) is 10.6. The van der Waals surface area contributed by atoms with E-state index in [4.69, 9.17) is 9.15 Å². The molecule has 5 nitrogen and oxygen atoms in total. The van der Waals surface area contributed by atoms with E-state index >= 15 is 0 Å². The third-order valence-electron chi connectivity index (χ3n) is 4.83. The van der Waals surface area contributed by atoms with Crippen LogP contribution in [0.5, 0.6) is 5.75 Å². The molecule has 3 aromatic rings. The quantitative estimate of drug-likeness (QED) is 0.567. The summed E-state index contributed by atoms with van der Waals surface area (Å²) in [5.41, 5.74) is 4.51. The van der Waals surface area contributed by atoms with E-state index in [0.717, 1.165) is 39.8 Å². The summed E-state index contributed by atoms with van der Waals surface area (Å²) in [4.78, 5) is 24.0.